The summed E-state index contributed by atoms with van der Waals surface area (Å²) in [7, 11) is 1.62. The number of alkyl halides is 1. The monoisotopic (exact) mass is 436 g/mol. The number of anilines is 1. The number of phenols is 1. The van der Waals surface area contributed by atoms with E-state index in [4.69, 9.17) is 0 Å². The number of aromatic nitrogens is 4. The van der Waals surface area contributed by atoms with Crippen molar-refractivity contribution in [1.82, 2.24) is 25.1 Å². The Balaban J connectivity index is 1.34. The summed E-state index contributed by atoms with van der Waals surface area (Å²) < 4.78 is 16.6. The lowest BCUT2D eigenvalue weighted by atomic mass is 9.95. The van der Waals surface area contributed by atoms with Crippen LogP contribution in [0.1, 0.15) is 32.1 Å². The maximum Gasteiger partial charge on any atom is 0.261 e. The predicted molar refractivity (Wildman–Crippen MR) is 118 cm³/mol. The molecule has 2 saturated heterocycles. The summed E-state index contributed by atoms with van der Waals surface area (Å²) in [6.07, 6.45) is 5.32. The third-order valence-corrected chi connectivity index (χ3v) is 7.08. The zero-order valence-corrected chi connectivity index (χ0v) is 17.8. The second-order valence-electron chi connectivity index (χ2n) is 9.26. The van der Waals surface area contributed by atoms with E-state index in [9.17, 15) is 9.90 Å². The average Bonchev–Trinajstić information content (AvgIpc) is 3.55. The molecule has 166 valence electrons. The minimum atomic E-state index is -0.922. The molecule has 8 nitrogen and oxygen atoms in total. The third-order valence-electron chi connectivity index (χ3n) is 7.08. The van der Waals surface area contributed by atoms with Gasteiger partial charge in [0.15, 0.2) is 5.82 Å². The van der Waals surface area contributed by atoms with E-state index in [0.717, 1.165) is 32.1 Å². The minimum Gasteiger partial charge on any atom is -0.507 e. The second kappa shape index (κ2) is 7.23. The van der Waals surface area contributed by atoms with Crippen LogP contribution in [-0.4, -0.2) is 55.2 Å². The molecule has 2 N–H and O–H groups in total. The van der Waals surface area contributed by atoms with Crippen molar-refractivity contribution < 1.29 is 9.50 Å². The fraction of sp³-hybridized carbons (Fsp3) is 0.478. The van der Waals surface area contributed by atoms with Crippen LogP contribution >= 0.6 is 0 Å². The predicted octanol–water partition coefficient (Wildman–Crippen LogP) is 2.30. The van der Waals surface area contributed by atoms with Gasteiger partial charge < -0.3 is 19.9 Å². The number of aromatic hydroxyl groups is 1. The van der Waals surface area contributed by atoms with Crippen molar-refractivity contribution in [2.75, 3.05) is 4.90 Å². The van der Waals surface area contributed by atoms with Gasteiger partial charge in [0.05, 0.1) is 29.0 Å². The van der Waals surface area contributed by atoms with E-state index in [2.05, 4.69) is 25.4 Å². The van der Waals surface area contributed by atoms with Crippen molar-refractivity contribution in [3.8, 4) is 17.0 Å². The fourth-order valence-corrected chi connectivity index (χ4v) is 5.28. The Hall–Kier alpha value is -3.07. The summed E-state index contributed by atoms with van der Waals surface area (Å²) in [5.41, 5.74) is 1.19. The summed E-state index contributed by atoms with van der Waals surface area (Å²) in [4.78, 5) is 18.7. The Morgan fingerprint density at radius 2 is 2.03 bits per heavy atom. The summed E-state index contributed by atoms with van der Waals surface area (Å²) >= 11 is 0. The highest BCUT2D eigenvalue weighted by atomic mass is 19.1. The van der Waals surface area contributed by atoms with E-state index < -0.39 is 6.17 Å². The lowest BCUT2D eigenvalue weighted by Gasteiger charge is -2.41. The van der Waals surface area contributed by atoms with Crippen LogP contribution in [0.25, 0.3) is 22.2 Å². The van der Waals surface area contributed by atoms with Gasteiger partial charge in [-0.05, 0) is 56.4 Å². The van der Waals surface area contributed by atoms with Crippen LogP contribution in [0, 0.1) is 0 Å². The fourth-order valence-electron chi connectivity index (χ4n) is 5.28. The van der Waals surface area contributed by atoms with Gasteiger partial charge in [0.1, 0.15) is 11.9 Å². The molecule has 2 aliphatic heterocycles. The zero-order chi connectivity index (χ0) is 22.0. The Labute approximate surface area is 184 Å². The number of aryl methyl sites for hydroxylation is 1. The van der Waals surface area contributed by atoms with E-state index in [1.807, 2.05) is 6.07 Å². The first-order valence-electron chi connectivity index (χ1n) is 11.2. The number of hydrogen-bond donors (Lipinski definition) is 2. The van der Waals surface area contributed by atoms with Crippen molar-refractivity contribution in [3.05, 3.63) is 40.9 Å². The molecule has 1 aromatic carbocycles. The molecule has 3 aliphatic rings. The summed E-state index contributed by atoms with van der Waals surface area (Å²) in [5.74, 6) is 0.625. The molecule has 1 aliphatic carbocycles. The number of nitrogens with one attached hydrogen (secondary N) is 1. The molecule has 2 bridgehead atoms. The Morgan fingerprint density at radius 1 is 1.19 bits per heavy atom. The van der Waals surface area contributed by atoms with Gasteiger partial charge in [-0.2, -0.15) is 0 Å². The SMILES string of the molecule is Cn1cnc2cc(-c3ccc(N(C4CC4)[C@H]4CC5CCC(N5)[C@H]4F)nn3)c(O)cc2c1=O. The Morgan fingerprint density at radius 3 is 2.78 bits per heavy atom. The first kappa shape index (κ1) is 19.6. The molecule has 6 rings (SSSR count). The minimum absolute atomic E-state index is 0.0533. The van der Waals surface area contributed by atoms with E-state index >= 15 is 4.39 Å². The largest absolute Gasteiger partial charge is 0.507 e. The van der Waals surface area contributed by atoms with Crippen molar-refractivity contribution in [2.24, 2.45) is 7.05 Å². The number of piperidine rings is 1. The average molecular weight is 436 g/mol. The van der Waals surface area contributed by atoms with Gasteiger partial charge in [0, 0.05) is 30.7 Å². The Kier molecular flexibility index (Phi) is 4.43. The van der Waals surface area contributed by atoms with Crippen LogP contribution in [0.2, 0.25) is 0 Å². The maximum atomic E-state index is 15.3. The summed E-state index contributed by atoms with van der Waals surface area (Å²) in [6.45, 7) is 0. The standard InChI is InChI=1S/C23H25FN6O2/c1-29-11-25-18-9-14(20(31)10-15(18)23(29)32)16-6-7-21(28-27-16)30(13-3-4-13)19-8-12-2-5-17(26-12)22(19)24/h6-7,9-13,17,19,22,26,31H,2-5,8H2,1H3/t12?,17?,19-,22+/m0/s1. The van der Waals surface area contributed by atoms with Gasteiger partial charge in [0.25, 0.3) is 5.56 Å². The summed E-state index contributed by atoms with van der Waals surface area (Å²) in [6, 6.07) is 7.16. The first-order valence-corrected chi connectivity index (χ1v) is 11.2. The molecule has 0 amide bonds. The van der Waals surface area contributed by atoms with E-state index in [1.54, 1.807) is 19.2 Å². The van der Waals surface area contributed by atoms with Crippen LogP contribution in [-0.2, 0) is 7.05 Å². The van der Waals surface area contributed by atoms with Crippen LogP contribution in [0.5, 0.6) is 5.75 Å². The molecular formula is C23H25FN6O2. The number of halogens is 1. The van der Waals surface area contributed by atoms with Crippen LogP contribution in [0.3, 0.4) is 0 Å². The molecule has 3 aromatic rings. The van der Waals surface area contributed by atoms with E-state index in [0.29, 0.717) is 40.1 Å². The highest BCUT2D eigenvalue weighted by molar-refractivity contribution is 5.86. The molecule has 2 aromatic heterocycles. The van der Waals surface area contributed by atoms with Gasteiger partial charge in [-0.3, -0.25) is 4.79 Å². The molecule has 4 heterocycles. The quantitative estimate of drug-likeness (QED) is 0.648. The number of fused-ring (bicyclic) bond motifs is 3. The molecule has 1 saturated carbocycles. The van der Waals surface area contributed by atoms with Crippen molar-refractivity contribution >= 4 is 16.7 Å². The van der Waals surface area contributed by atoms with Crippen molar-refractivity contribution in [3.63, 3.8) is 0 Å². The van der Waals surface area contributed by atoms with Gasteiger partial charge in [-0.15, -0.1) is 10.2 Å². The number of benzene rings is 1. The first-order chi connectivity index (χ1) is 15.5. The van der Waals surface area contributed by atoms with Crippen molar-refractivity contribution in [2.45, 2.75) is 62.4 Å². The van der Waals surface area contributed by atoms with Gasteiger partial charge in [0.2, 0.25) is 0 Å². The molecule has 4 atom stereocenters. The van der Waals surface area contributed by atoms with Gasteiger partial charge in [-0.25, -0.2) is 9.37 Å². The third kappa shape index (κ3) is 3.14. The molecule has 3 fully saturated rings. The smallest absolute Gasteiger partial charge is 0.261 e. The molecular weight excluding hydrogens is 411 g/mol. The van der Waals surface area contributed by atoms with Gasteiger partial charge in [-0.1, -0.05) is 0 Å². The molecule has 2 unspecified atom stereocenters. The topological polar surface area (TPSA) is 96.2 Å². The lowest BCUT2D eigenvalue weighted by Crippen LogP contribution is -2.57. The molecule has 9 heteroatoms. The highest BCUT2D eigenvalue weighted by Crippen LogP contribution is 2.40. The second-order valence-corrected chi connectivity index (χ2v) is 9.26. The number of nitrogens with zero attached hydrogens (tertiary/aromatic N) is 5. The zero-order valence-electron chi connectivity index (χ0n) is 17.8. The maximum absolute atomic E-state index is 15.3. The number of rotatable bonds is 4. The van der Waals surface area contributed by atoms with E-state index in [-0.39, 0.29) is 23.4 Å². The normalized spacial score (nSPS) is 27.1. The molecule has 32 heavy (non-hydrogen) atoms. The van der Waals surface area contributed by atoms with Crippen LogP contribution in [0.15, 0.2) is 35.4 Å². The highest BCUT2D eigenvalue weighted by Gasteiger charge is 2.48. The molecule has 0 radical (unpaired) electrons. The molecule has 0 spiro atoms. The lowest BCUT2D eigenvalue weighted by molar-refractivity contribution is 0.171. The van der Waals surface area contributed by atoms with Crippen LogP contribution in [0.4, 0.5) is 10.2 Å². The number of phenolic OH excluding ortho intramolecular Hbond substituents is 1. The van der Waals surface area contributed by atoms with Gasteiger partial charge >= 0.3 is 0 Å². The van der Waals surface area contributed by atoms with Crippen molar-refractivity contribution in [1.29, 1.82) is 0 Å². The van der Waals surface area contributed by atoms with Crippen LogP contribution < -0.4 is 15.8 Å². The summed E-state index contributed by atoms with van der Waals surface area (Å²) in [5, 5.41) is 23.1. The Bertz CT molecular complexity index is 1240. The van der Waals surface area contributed by atoms with E-state index in [1.165, 1.54) is 17.0 Å². The number of hydrogen-bond acceptors (Lipinski definition) is 7.